The van der Waals surface area contributed by atoms with E-state index in [9.17, 15) is 0 Å². The van der Waals surface area contributed by atoms with E-state index in [2.05, 4.69) is 38.9 Å². The molecule has 0 fully saturated rings. The summed E-state index contributed by atoms with van der Waals surface area (Å²) in [5, 5.41) is 19.9. The van der Waals surface area contributed by atoms with Crippen molar-refractivity contribution in [3.05, 3.63) is 89.2 Å². The van der Waals surface area contributed by atoms with Gasteiger partial charge in [-0.15, -0.1) is 0 Å². The largest absolute Gasteiger partial charge is 0.357 e. The van der Waals surface area contributed by atoms with E-state index in [4.69, 9.17) is 5.26 Å². The molecule has 2 N–H and O–H groups in total. The topological polar surface area (TPSA) is 78.0 Å². The Morgan fingerprint density at radius 1 is 1.07 bits per heavy atom. The summed E-state index contributed by atoms with van der Waals surface area (Å²) in [5.41, 5.74) is 4.16. The average molecular weight is 372 g/mol. The maximum atomic E-state index is 8.89. The molecule has 0 aliphatic carbocycles. The van der Waals surface area contributed by atoms with Crippen LogP contribution < -0.4 is 10.6 Å². The highest BCUT2D eigenvalue weighted by atomic mass is 15.3. The second kappa shape index (κ2) is 9.93. The molecule has 142 valence electrons. The summed E-state index contributed by atoms with van der Waals surface area (Å²) in [6.07, 6.45) is 3.76. The van der Waals surface area contributed by atoms with Crippen LogP contribution in [0, 0.1) is 11.3 Å². The van der Waals surface area contributed by atoms with Gasteiger partial charge in [0.05, 0.1) is 24.7 Å². The molecule has 3 aromatic rings. The van der Waals surface area contributed by atoms with Gasteiger partial charge in [0.1, 0.15) is 0 Å². The van der Waals surface area contributed by atoms with Gasteiger partial charge in [-0.1, -0.05) is 36.4 Å². The SMILES string of the molecule is CCNC(=NCc1ccc(C#N)cc1)NCc1ccccc1Cn1cccn1. The summed E-state index contributed by atoms with van der Waals surface area (Å²) < 4.78 is 1.92. The van der Waals surface area contributed by atoms with Crippen LogP contribution in [0.2, 0.25) is 0 Å². The lowest BCUT2D eigenvalue weighted by Crippen LogP contribution is -2.37. The number of hydrogen-bond acceptors (Lipinski definition) is 3. The summed E-state index contributed by atoms with van der Waals surface area (Å²) >= 11 is 0. The summed E-state index contributed by atoms with van der Waals surface area (Å²) in [7, 11) is 0. The van der Waals surface area contributed by atoms with Crippen molar-refractivity contribution in [2.45, 2.75) is 26.6 Å². The van der Waals surface area contributed by atoms with Gasteiger partial charge < -0.3 is 10.6 Å². The van der Waals surface area contributed by atoms with Gasteiger partial charge >= 0.3 is 0 Å². The number of benzene rings is 2. The fourth-order valence-electron chi connectivity index (χ4n) is 2.83. The van der Waals surface area contributed by atoms with E-state index in [0.29, 0.717) is 18.7 Å². The standard InChI is InChI=1S/C22H24N6/c1-2-24-22(25-15-19-10-8-18(14-23)9-11-19)26-16-20-6-3-4-7-21(20)17-28-13-5-12-27-28/h3-13H,2,15-17H2,1H3,(H2,24,25,26). The van der Waals surface area contributed by atoms with Crippen molar-refractivity contribution in [1.82, 2.24) is 20.4 Å². The van der Waals surface area contributed by atoms with Crippen molar-refractivity contribution < 1.29 is 0 Å². The Balaban J connectivity index is 1.65. The summed E-state index contributed by atoms with van der Waals surface area (Å²) in [6.45, 7) is 4.80. The molecular formula is C22H24N6. The summed E-state index contributed by atoms with van der Waals surface area (Å²) in [5.74, 6) is 0.765. The predicted octanol–water partition coefficient (Wildman–Crippen LogP) is 3.06. The van der Waals surface area contributed by atoms with E-state index in [1.54, 1.807) is 6.20 Å². The molecule has 1 aromatic heterocycles. The van der Waals surface area contributed by atoms with Gasteiger partial charge in [-0.05, 0) is 41.8 Å². The molecule has 0 radical (unpaired) electrons. The molecule has 0 saturated carbocycles. The van der Waals surface area contributed by atoms with Crippen LogP contribution in [0.3, 0.4) is 0 Å². The molecule has 0 atom stereocenters. The van der Waals surface area contributed by atoms with Crippen LogP contribution in [0.5, 0.6) is 0 Å². The maximum Gasteiger partial charge on any atom is 0.191 e. The first kappa shape index (κ1) is 19.2. The molecular weight excluding hydrogens is 348 g/mol. The molecule has 0 unspecified atom stereocenters. The van der Waals surface area contributed by atoms with E-state index >= 15 is 0 Å². The van der Waals surface area contributed by atoms with Crippen LogP contribution >= 0.6 is 0 Å². The second-order valence-corrected chi connectivity index (χ2v) is 6.33. The van der Waals surface area contributed by atoms with Gasteiger partial charge in [-0.2, -0.15) is 10.4 Å². The normalized spacial score (nSPS) is 11.1. The Bertz CT molecular complexity index is 936. The number of nitrogens with one attached hydrogen (secondary N) is 2. The number of hydrogen-bond donors (Lipinski definition) is 2. The van der Waals surface area contributed by atoms with Crippen LogP contribution in [0.15, 0.2) is 72.0 Å². The zero-order valence-corrected chi connectivity index (χ0v) is 16.0. The Morgan fingerprint density at radius 2 is 1.86 bits per heavy atom. The molecule has 3 rings (SSSR count). The maximum absolute atomic E-state index is 8.89. The number of aromatic nitrogens is 2. The minimum absolute atomic E-state index is 0.552. The fourth-order valence-corrected chi connectivity index (χ4v) is 2.83. The van der Waals surface area contributed by atoms with Crippen LogP contribution in [-0.4, -0.2) is 22.3 Å². The number of rotatable bonds is 7. The number of guanidine groups is 1. The molecule has 2 aromatic carbocycles. The third-order valence-corrected chi connectivity index (χ3v) is 4.30. The molecule has 1 heterocycles. The van der Waals surface area contributed by atoms with E-state index in [1.807, 2.05) is 60.3 Å². The lowest BCUT2D eigenvalue weighted by molar-refractivity contribution is 0.677. The highest BCUT2D eigenvalue weighted by molar-refractivity contribution is 5.79. The monoisotopic (exact) mass is 372 g/mol. The van der Waals surface area contributed by atoms with Crippen molar-refractivity contribution >= 4 is 5.96 Å². The predicted molar refractivity (Wildman–Crippen MR) is 111 cm³/mol. The van der Waals surface area contributed by atoms with E-state index in [-0.39, 0.29) is 0 Å². The van der Waals surface area contributed by atoms with Gasteiger partial charge in [0.25, 0.3) is 0 Å². The van der Waals surface area contributed by atoms with E-state index in [0.717, 1.165) is 24.6 Å². The van der Waals surface area contributed by atoms with Gasteiger partial charge in [0.15, 0.2) is 5.96 Å². The van der Waals surface area contributed by atoms with E-state index < -0.39 is 0 Å². The average Bonchev–Trinajstić information content (AvgIpc) is 3.24. The van der Waals surface area contributed by atoms with Crippen LogP contribution in [0.1, 0.15) is 29.2 Å². The first-order valence-electron chi connectivity index (χ1n) is 9.34. The molecule has 0 aliphatic rings. The highest BCUT2D eigenvalue weighted by Gasteiger charge is 2.05. The Kier molecular flexibility index (Phi) is 6.80. The number of nitriles is 1. The Hall–Kier alpha value is -3.59. The molecule has 28 heavy (non-hydrogen) atoms. The quantitative estimate of drug-likeness (QED) is 0.494. The van der Waals surface area contributed by atoms with Gasteiger partial charge in [0, 0.05) is 25.5 Å². The van der Waals surface area contributed by atoms with Crippen molar-refractivity contribution in [2.75, 3.05) is 6.54 Å². The highest BCUT2D eigenvalue weighted by Crippen LogP contribution is 2.10. The minimum Gasteiger partial charge on any atom is -0.357 e. The van der Waals surface area contributed by atoms with Crippen molar-refractivity contribution in [1.29, 1.82) is 5.26 Å². The number of nitrogens with zero attached hydrogens (tertiary/aromatic N) is 4. The Morgan fingerprint density at radius 3 is 2.54 bits per heavy atom. The Labute approximate surface area is 165 Å². The van der Waals surface area contributed by atoms with Gasteiger partial charge in [-0.25, -0.2) is 4.99 Å². The van der Waals surface area contributed by atoms with Crippen LogP contribution in [0.4, 0.5) is 0 Å². The first-order valence-corrected chi connectivity index (χ1v) is 9.34. The molecule has 0 spiro atoms. The van der Waals surface area contributed by atoms with Gasteiger partial charge in [0.2, 0.25) is 0 Å². The summed E-state index contributed by atoms with van der Waals surface area (Å²) in [4.78, 5) is 4.65. The third kappa shape index (κ3) is 5.45. The zero-order valence-electron chi connectivity index (χ0n) is 16.0. The molecule has 6 nitrogen and oxygen atoms in total. The molecule has 6 heteroatoms. The zero-order chi connectivity index (χ0) is 19.6. The van der Waals surface area contributed by atoms with Gasteiger partial charge in [-0.3, -0.25) is 4.68 Å². The second-order valence-electron chi connectivity index (χ2n) is 6.33. The first-order chi connectivity index (χ1) is 13.8. The molecule has 0 aliphatic heterocycles. The lowest BCUT2D eigenvalue weighted by Gasteiger charge is -2.14. The van der Waals surface area contributed by atoms with E-state index in [1.165, 1.54) is 11.1 Å². The van der Waals surface area contributed by atoms with Crippen molar-refractivity contribution in [3.8, 4) is 6.07 Å². The summed E-state index contributed by atoms with van der Waals surface area (Å²) in [6, 6.07) is 19.9. The van der Waals surface area contributed by atoms with Crippen LogP contribution in [0.25, 0.3) is 0 Å². The minimum atomic E-state index is 0.552. The molecule has 0 saturated heterocycles. The number of aliphatic imine (C=N–C) groups is 1. The van der Waals surface area contributed by atoms with Crippen molar-refractivity contribution in [2.24, 2.45) is 4.99 Å². The molecule has 0 amide bonds. The lowest BCUT2D eigenvalue weighted by atomic mass is 10.1. The van der Waals surface area contributed by atoms with Crippen LogP contribution in [-0.2, 0) is 19.6 Å². The molecule has 0 bridgehead atoms. The fraction of sp³-hybridized carbons (Fsp3) is 0.227. The third-order valence-electron chi connectivity index (χ3n) is 4.30. The smallest absolute Gasteiger partial charge is 0.191 e. The van der Waals surface area contributed by atoms with Crippen molar-refractivity contribution in [3.63, 3.8) is 0 Å².